The number of benzene rings is 1. The fourth-order valence-corrected chi connectivity index (χ4v) is 4.67. The molecule has 3 heterocycles. The van der Waals surface area contributed by atoms with Gasteiger partial charge in [0, 0.05) is 55.1 Å². The molecule has 3 aromatic rings. The summed E-state index contributed by atoms with van der Waals surface area (Å²) >= 11 is 0. The Morgan fingerprint density at radius 3 is 2.73 bits per heavy atom. The Labute approximate surface area is 191 Å². The van der Waals surface area contributed by atoms with E-state index in [-0.39, 0.29) is 6.42 Å². The summed E-state index contributed by atoms with van der Waals surface area (Å²) in [5.41, 5.74) is 2.65. The van der Waals surface area contributed by atoms with Crippen molar-refractivity contribution >= 4 is 5.97 Å². The van der Waals surface area contributed by atoms with Crippen LogP contribution in [0.2, 0.25) is 0 Å². The van der Waals surface area contributed by atoms with Crippen LogP contribution >= 0.6 is 0 Å². The largest absolute Gasteiger partial charge is 0.481 e. The van der Waals surface area contributed by atoms with E-state index in [0.717, 1.165) is 29.9 Å². The summed E-state index contributed by atoms with van der Waals surface area (Å²) < 4.78 is 7.37. The van der Waals surface area contributed by atoms with E-state index in [0.29, 0.717) is 42.4 Å². The van der Waals surface area contributed by atoms with E-state index >= 15 is 0 Å². The zero-order valence-electron chi connectivity index (χ0n) is 18.4. The Bertz CT molecular complexity index is 1190. The number of rotatable bonds is 7. The number of hydrogen-bond donors (Lipinski definition) is 2. The van der Waals surface area contributed by atoms with Crippen LogP contribution in [-0.4, -0.2) is 55.4 Å². The Morgan fingerprint density at radius 2 is 2.03 bits per heavy atom. The van der Waals surface area contributed by atoms with Gasteiger partial charge in [-0.1, -0.05) is 17.0 Å². The quantitative estimate of drug-likeness (QED) is 0.538. The molecule has 2 aromatic heterocycles. The molecule has 2 N–H and O–H groups in total. The van der Waals surface area contributed by atoms with Crippen molar-refractivity contribution in [1.82, 2.24) is 19.6 Å². The van der Waals surface area contributed by atoms with Gasteiger partial charge in [-0.3, -0.25) is 4.79 Å². The molecule has 33 heavy (non-hydrogen) atoms. The summed E-state index contributed by atoms with van der Waals surface area (Å²) in [5, 5.41) is 22.8. The molecule has 1 aliphatic heterocycles. The molecule has 0 amide bonds. The number of fused-ring (bicyclic) bond motifs is 1. The highest BCUT2D eigenvalue weighted by molar-refractivity contribution is 5.66. The zero-order valence-corrected chi connectivity index (χ0v) is 18.4. The summed E-state index contributed by atoms with van der Waals surface area (Å²) in [7, 11) is 0. The number of aliphatic carboxylic acids is 1. The maximum atomic E-state index is 10.7. The first-order valence-corrected chi connectivity index (χ1v) is 11.2. The highest BCUT2D eigenvalue weighted by atomic mass is 16.5. The molecule has 1 saturated carbocycles. The van der Waals surface area contributed by atoms with Crippen molar-refractivity contribution in [1.29, 1.82) is 0 Å². The summed E-state index contributed by atoms with van der Waals surface area (Å²) in [6.45, 7) is 4.72. The maximum absolute atomic E-state index is 10.7. The number of aliphatic hydroxyl groups is 1. The standard InChI is InChI=1S/C25H26N4O4/c1-16(30)25-26-9-11-29(25)13-19-12-23(33-27-19)18-5-2-17(3-6-18)4-7-20-21-14-28(15-22(20)21)10-8-24(31)32/h2-3,5-6,9,11-12,16,20-22,30H,8,10,13-15H2,1H3,(H,31,32)/t16-,20?,21-,22+/m0/s1. The smallest absolute Gasteiger partial charge is 0.304 e. The molecule has 4 atom stereocenters. The average molecular weight is 447 g/mol. The number of piperidine rings is 1. The van der Waals surface area contributed by atoms with E-state index in [2.05, 4.69) is 26.9 Å². The lowest BCUT2D eigenvalue weighted by molar-refractivity contribution is -0.137. The molecule has 8 nitrogen and oxygen atoms in total. The third-order valence-electron chi connectivity index (χ3n) is 6.48. The van der Waals surface area contributed by atoms with Crippen molar-refractivity contribution in [2.75, 3.05) is 19.6 Å². The zero-order chi connectivity index (χ0) is 22.9. The van der Waals surface area contributed by atoms with E-state index in [9.17, 15) is 9.90 Å². The molecule has 8 heteroatoms. The molecule has 1 unspecified atom stereocenters. The Balaban J connectivity index is 1.17. The van der Waals surface area contributed by atoms with Gasteiger partial charge in [-0.2, -0.15) is 0 Å². The third-order valence-corrected chi connectivity index (χ3v) is 6.48. The molecular weight excluding hydrogens is 420 g/mol. The molecule has 5 rings (SSSR count). The van der Waals surface area contributed by atoms with E-state index in [4.69, 9.17) is 9.63 Å². The maximum Gasteiger partial charge on any atom is 0.304 e. The van der Waals surface area contributed by atoms with Crippen LogP contribution in [0.25, 0.3) is 11.3 Å². The molecule has 2 fully saturated rings. The summed E-state index contributed by atoms with van der Waals surface area (Å²) in [6.07, 6.45) is 3.03. The van der Waals surface area contributed by atoms with E-state index in [1.807, 2.05) is 41.1 Å². The minimum Gasteiger partial charge on any atom is -0.481 e. The topological polar surface area (TPSA) is 105 Å². The first-order valence-electron chi connectivity index (χ1n) is 11.2. The second kappa shape index (κ2) is 8.85. The lowest BCUT2D eigenvalue weighted by atomic mass is 10.1. The predicted molar refractivity (Wildman–Crippen MR) is 120 cm³/mol. The molecule has 1 saturated heterocycles. The Kier molecular flexibility index (Phi) is 5.75. The SMILES string of the molecule is C[C@H](O)c1nccn1Cc1cc(-c2ccc(C#CC3[C@H]4CN(CCC(=O)O)C[C@@H]34)cc2)on1. The highest BCUT2D eigenvalue weighted by Crippen LogP contribution is 2.51. The molecule has 0 radical (unpaired) electrons. The van der Waals surface area contributed by atoms with Gasteiger partial charge in [-0.15, -0.1) is 0 Å². The number of carboxylic acid groups (broad SMARTS) is 1. The van der Waals surface area contributed by atoms with Gasteiger partial charge < -0.3 is 24.2 Å². The Morgan fingerprint density at radius 1 is 1.27 bits per heavy atom. The van der Waals surface area contributed by atoms with Crippen molar-refractivity contribution in [3.05, 3.63) is 59.8 Å². The number of imidazole rings is 1. The van der Waals surface area contributed by atoms with Crippen LogP contribution in [0.4, 0.5) is 0 Å². The second-order valence-electron chi connectivity index (χ2n) is 8.88. The van der Waals surface area contributed by atoms with Gasteiger partial charge in [0.1, 0.15) is 17.6 Å². The van der Waals surface area contributed by atoms with Crippen LogP contribution in [0.15, 0.2) is 47.2 Å². The first-order chi connectivity index (χ1) is 16.0. The minimum atomic E-state index is -0.736. The number of likely N-dealkylation sites (tertiary alicyclic amines) is 1. The summed E-state index contributed by atoms with van der Waals surface area (Å²) in [5.74, 6) is 8.83. The Hall–Kier alpha value is -3.41. The number of carboxylic acids is 1. The number of aliphatic hydroxyl groups excluding tert-OH is 1. The highest BCUT2D eigenvalue weighted by Gasteiger charge is 2.54. The normalized spacial score (nSPS) is 22.4. The molecule has 2 aliphatic rings. The van der Waals surface area contributed by atoms with Gasteiger partial charge >= 0.3 is 5.97 Å². The van der Waals surface area contributed by atoms with Crippen LogP contribution < -0.4 is 0 Å². The first kappa shape index (κ1) is 21.4. The van der Waals surface area contributed by atoms with Crippen LogP contribution in [-0.2, 0) is 11.3 Å². The lowest BCUT2D eigenvalue weighted by Crippen LogP contribution is -2.26. The number of hydrogen-bond acceptors (Lipinski definition) is 6. The number of aromatic nitrogens is 3. The minimum absolute atomic E-state index is 0.210. The van der Waals surface area contributed by atoms with Crippen molar-refractivity contribution < 1.29 is 19.5 Å². The molecule has 0 bridgehead atoms. The second-order valence-corrected chi connectivity index (χ2v) is 8.88. The lowest BCUT2D eigenvalue weighted by Gasteiger charge is -2.16. The fourth-order valence-electron chi connectivity index (χ4n) is 4.67. The van der Waals surface area contributed by atoms with Gasteiger partial charge in [0.05, 0.1) is 13.0 Å². The van der Waals surface area contributed by atoms with Crippen molar-refractivity contribution in [3.8, 4) is 23.2 Å². The molecule has 0 spiro atoms. The van der Waals surface area contributed by atoms with E-state index < -0.39 is 12.1 Å². The fraction of sp³-hybridized carbons (Fsp3) is 0.400. The molecule has 1 aliphatic carbocycles. The molecule has 1 aromatic carbocycles. The van der Waals surface area contributed by atoms with Gasteiger partial charge in [0.15, 0.2) is 5.76 Å². The van der Waals surface area contributed by atoms with Crippen LogP contribution in [0.5, 0.6) is 0 Å². The number of nitrogens with zero attached hydrogens (tertiary/aromatic N) is 4. The average Bonchev–Trinajstić information content (AvgIpc) is 3.29. The number of carbonyl (C=O) groups is 1. The van der Waals surface area contributed by atoms with Gasteiger partial charge in [0.25, 0.3) is 0 Å². The summed E-state index contributed by atoms with van der Waals surface area (Å²) in [6, 6.07) is 9.84. The van der Waals surface area contributed by atoms with Crippen molar-refractivity contribution in [2.45, 2.75) is 26.0 Å². The monoisotopic (exact) mass is 446 g/mol. The van der Waals surface area contributed by atoms with Crippen LogP contribution in [0.3, 0.4) is 0 Å². The molecular formula is C25H26N4O4. The van der Waals surface area contributed by atoms with Crippen LogP contribution in [0.1, 0.15) is 36.5 Å². The van der Waals surface area contributed by atoms with Gasteiger partial charge in [-0.05, 0) is 43.0 Å². The third kappa shape index (κ3) is 4.70. The van der Waals surface area contributed by atoms with E-state index in [1.54, 1.807) is 13.1 Å². The van der Waals surface area contributed by atoms with Gasteiger partial charge in [0.2, 0.25) is 0 Å². The summed E-state index contributed by atoms with van der Waals surface area (Å²) in [4.78, 5) is 17.1. The van der Waals surface area contributed by atoms with E-state index in [1.165, 1.54) is 0 Å². The predicted octanol–water partition coefficient (Wildman–Crippen LogP) is 2.64. The van der Waals surface area contributed by atoms with Gasteiger partial charge in [-0.25, -0.2) is 4.98 Å². The van der Waals surface area contributed by atoms with Crippen molar-refractivity contribution in [3.63, 3.8) is 0 Å². The van der Waals surface area contributed by atoms with Crippen LogP contribution in [0, 0.1) is 29.6 Å². The molecule has 170 valence electrons. The van der Waals surface area contributed by atoms with Crippen molar-refractivity contribution in [2.24, 2.45) is 17.8 Å².